The second kappa shape index (κ2) is 6.53. The van der Waals surface area contributed by atoms with Gasteiger partial charge in [0, 0.05) is 25.7 Å². The van der Waals surface area contributed by atoms with Crippen molar-refractivity contribution in [1.82, 2.24) is 9.80 Å². The molecule has 1 aliphatic rings. The summed E-state index contributed by atoms with van der Waals surface area (Å²) in [5, 5.41) is 0. The normalized spacial score (nSPS) is 21.8. The predicted molar refractivity (Wildman–Crippen MR) is 81.4 cm³/mol. The molecule has 0 aromatic rings. The second-order valence-electron chi connectivity index (χ2n) is 6.72. The monoisotopic (exact) mass is 271 g/mol. The molecular formula is C15H33N3O. The maximum atomic E-state index is 6.11. The van der Waals surface area contributed by atoms with Crippen LogP contribution in [0.4, 0.5) is 0 Å². The molecule has 0 radical (unpaired) electrons. The van der Waals surface area contributed by atoms with Crippen LogP contribution in [0.3, 0.4) is 0 Å². The van der Waals surface area contributed by atoms with Gasteiger partial charge in [0.1, 0.15) is 0 Å². The summed E-state index contributed by atoms with van der Waals surface area (Å²) in [7, 11) is 8.37. The summed E-state index contributed by atoms with van der Waals surface area (Å²) in [4.78, 5) is 4.84. The van der Waals surface area contributed by atoms with Gasteiger partial charge in [-0.1, -0.05) is 13.8 Å². The van der Waals surface area contributed by atoms with Crippen LogP contribution >= 0.6 is 0 Å². The number of likely N-dealkylation sites (N-methyl/N-ethyl adjacent to an activating group) is 2. The van der Waals surface area contributed by atoms with Crippen molar-refractivity contribution < 1.29 is 4.74 Å². The fourth-order valence-electron chi connectivity index (χ4n) is 3.35. The number of rotatable bonds is 8. The van der Waals surface area contributed by atoms with Gasteiger partial charge in [-0.2, -0.15) is 0 Å². The number of methoxy groups -OCH3 is 1. The van der Waals surface area contributed by atoms with Crippen molar-refractivity contribution in [3.63, 3.8) is 0 Å². The maximum absolute atomic E-state index is 6.11. The first-order chi connectivity index (χ1) is 8.84. The van der Waals surface area contributed by atoms with Gasteiger partial charge in [-0.25, -0.2) is 0 Å². The molecule has 0 aliphatic heterocycles. The highest BCUT2D eigenvalue weighted by Crippen LogP contribution is 2.38. The molecule has 1 unspecified atom stereocenters. The third-order valence-corrected chi connectivity index (χ3v) is 5.35. The van der Waals surface area contributed by atoms with Gasteiger partial charge in [-0.05, 0) is 46.3 Å². The molecule has 4 nitrogen and oxygen atoms in total. The Balaban J connectivity index is 2.85. The number of hydrogen-bond acceptors (Lipinski definition) is 4. The van der Waals surface area contributed by atoms with Gasteiger partial charge in [0.2, 0.25) is 0 Å². The molecule has 2 N–H and O–H groups in total. The summed E-state index contributed by atoms with van der Waals surface area (Å²) in [6.45, 7) is 6.88. The van der Waals surface area contributed by atoms with Crippen molar-refractivity contribution in [1.29, 1.82) is 0 Å². The van der Waals surface area contributed by atoms with Crippen LogP contribution in [0.25, 0.3) is 0 Å². The highest BCUT2D eigenvalue weighted by molar-refractivity contribution is 5.02. The molecule has 0 aromatic carbocycles. The van der Waals surface area contributed by atoms with Crippen LogP contribution in [-0.2, 0) is 4.74 Å². The van der Waals surface area contributed by atoms with E-state index < -0.39 is 0 Å². The number of hydrogen-bond donors (Lipinski definition) is 1. The highest BCUT2D eigenvalue weighted by atomic mass is 16.5. The van der Waals surface area contributed by atoms with E-state index in [4.69, 9.17) is 10.5 Å². The van der Waals surface area contributed by atoms with E-state index in [0.717, 1.165) is 6.54 Å². The third-order valence-electron chi connectivity index (χ3n) is 5.35. The fraction of sp³-hybridized carbons (Fsp3) is 1.00. The molecule has 4 heteroatoms. The minimum Gasteiger partial charge on any atom is -0.383 e. The first-order valence-corrected chi connectivity index (χ1v) is 7.42. The predicted octanol–water partition coefficient (Wildman–Crippen LogP) is 1.40. The van der Waals surface area contributed by atoms with Crippen molar-refractivity contribution in [3.8, 4) is 0 Å². The average molecular weight is 271 g/mol. The largest absolute Gasteiger partial charge is 0.383 e. The molecule has 1 fully saturated rings. The van der Waals surface area contributed by atoms with Gasteiger partial charge in [0.15, 0.2) is 0 Å². The Kier molecular flexibility index (Phi) is 5.80. The van der Waals surface area contributed by atoms with Gasteiger partial charge in [0.25, 0.3) is 0 Å². The van der Waals surface area contributed by atoms with Crippen LogP contribution in [0, 0.1) is 5.92 Å². The lowest BCUT2D eigenvalue weighted by Crippen LogP contribution is -2.65. The van der Waals surface area contributed by atoms with Gasteiger partial charge < -0.3 is 15.4 Å². The Labute approximate surface area is 119 Å². The zero-order valence-electron chi connectivity index (χ0n) is 13.7. The van der Waals surface area contributed by atoms with Crippen LogP contribution in [0.1, 0.15) is 33.1 Å². The Morgan fingerprint density at radius 1 is 1.26 bits per heavy atom. The van der Waals surface area contributed by atoms with Crippen molar-refractivity contribution in [2.45, 2.75) is 44.2 Å². The van der Waals surface area contributed by atoms with E-state index in [1.807, 2.05) is 0 Å². The van der Waals surface area contributed by atoms with Gasteiger partial charge >= 0.3 is 0 Å². The highest BCUT2D eigenvalue weighted by Gasteiger charge is 2.45. The third kappa shape index (κ3) is 3.13. The van der Waals surface area contributed by atoms with E-state index in [1.54, 1.807) is 7.11 Å². The summed E-state index contributed by atoms with van der Waals surface area (Å²) in [5.74, 6) is 0.474. The molecule has 114 valence electrons. The lowest BCUT2D eigenvalue weighted by atomic mass is 9.74. The SMILES string of the molecule is COCC(CN)(C(C)C)N(C)CC1(N(C)C)CCC1. The fourth-order valence-corrected chi connectivity index (χ4v) is 3.35. The molecular weight excluding hydrogens is 238 g/mol. The average Bonchev–Trinajstić information content (AvgIpc) is 2.29. The van der Waals surface area contributed by atoms with Crippen LogP contribution in [0.5, 0.6) is 0 Å². The Morgan fingerprint density at radius 2 is 1.84 bits per heavy atom. The number of nitrogens with two attached hydrogens (primary N) is 1. The lowest BCUT2D eigenvalue weighted by Gasteiger charge is -2.54. The van der Waals surface area contributed by atoms with Gasteiger partial charge in [-0.15, -0.1) is 0 Å². The van der Waals surface area contributed by atoms with Crippen LogP contribution < -0.4 is 5.73 Å². The van der Waals surface area contributed by atoms with E-state index in [9.17, 15) is 0 Å². The standard InChI is InChI=1S/C15H33N3O/c1-13(2)15(10-16,12-19-6)18(5)11-14(17(3)4)8-7-9-14/h13H,7-12,16H2,1-6H3. The summed E-state index contributed by atoms with van der Waals surface area (Å²) >= 11 is 0. The molecule has 0 heterocycles. The summed E-state index contributed by atoms with van der Waals surface area (Å²) in [6.07, 6.45) is 3.92. The first-order valence-electron chi connectivity index (χ1n) is 7.42. The van der Waals surface area contributed by atoms with E-state index in [0.29, 0.717) is 24.6 Å². The topological polar surface area (TPSA) is 41.7 Å². The quantitative estimate of drug-likeness (QED) is 0.725. The Bertz CT molecular complexity index is 277. The molecule has 1 aliphatic carbocycles. The van der Waals surface area contributed by atoms with Crippen molar-refractivity contribution in [2.24, 2.45) is 11.7 Å². The first kappa shape index (κ1) is 16.9. The molecule has 19 heavy (non-hydrogen) atoms. The summed E-state index contributed by atoms with van der Waals surface area (Å²) in [5.41, 5.74) is 6.38. The summed E-state index contributed by atoms with van der Waals surface area (Å²) < 4.78 is 5.47. The molecule has 0 saturated heterocycles. The van der Waals surface area contributed by atoms with E-state index in [1.165, 1.54) is 19.3 Å². The van der Waals surface area contributed by atoms with E-state index in [-0.39, 0.29) is 5.54 Å². The molecule has 0 amide bonds. The Hall–Kier alpha value is -0.160. The molecule has 0 aromatic heterocycles. The summed E-state index contributed by atoms with van der Waals surface area (Å²) in [6, 6.07) is 0. The molecule has 0 bridgehead atoms. The van der Waals surface area contributed by atoms with Crippen LogP contribution in [-0.4, -0.2) is 68.8 Å². The van der Waals surface area contributed by atoms with Crippen LogP contribution in [0.2, 0.25) is 0 Å². The van der Waals surface area contributed by atoms with Crippen molar-refractivity contribution >= 4 is 0 Å². The maximum Gasteiger partial charge on any atom is 0.0661 e. The van der Waals surface area contributed by atoms with Gasteiger partial charge in [-0.3, -0.25) is 4.90 Å². The second-order valence-corrected chi connectivity index (χ2v) is 6.72. The molecule has 1 rings (SSSR count). The van der Waals surface area contributed by atoms with Crippen LogP contribution in [0.15, 0.2) is 0 Å². The molecule has 0 spiro atoms. The van der Waals surface area contributed by atoms with Gasteiger partial charge in [0.05, 0.1) is 12.1 Å². The minimum absolute atomic E-state index is 0.0622. The minimum atomic E-state index is -0.0622. The number of ether oxygens (including phenoxy) is 1. The zero-order valence-corrected chi connectivity index (χ0v) is 13.7. The van der Waals surface area contributed by atoms with E-state index in [2.05, 4.69) is 44.8 Å². The molecule has 1 atom stereocenters. The smallest absolute Gasteiger partial charge is 0.0661 e. The zero-order chi connectivity index (χ0) is 14.7. The lowest BCUT2D eigenvalue weighted by molar-refractivity contribution is -0.0506. The number of nitrogens with zero attached hydrogens (tertiary/aromatic N) is 2. The molecule has 1 saturated carbocycles. The van der Waals surface area contributed by atoms with Crippen molar-refractivity contribution in [3.05, 3.63) is 0 Å². The van der Waals surface area contributed by atoms with Crippen molar-refractivity contribution in [2.75, 3.05) is 47.9 Å². The van der Waals surface area contributed by atoms with E-state index >= 15 is 0 Å². The Morgan fingerprint density at radius 3 is 2.11 bits per heavy atom.